The summed E-state index contributed by atoms with van der Waals surface area (Å²) in [6.45, 7) is 5.37. The van der Waals surface area contributed by atoms with Gasteiger partial charge in [0.1, 0.15) is 11.2 Å². The molecule has 3 nitrogen and oxygen atoms in total. The number of hydrogen-bond donors (Lipinski definition) is 0. The van der Waals surface area contributed by atoms with E-state index in [9.17, 15) is 5.26 Å². The number of methoxy groups -OCH3 is 1. The zero-order valence-electron chi connectivity index (χ0n) is 11.2. The van der Waals surface area contributed by atoms with Crippen molar-refractivity contribution in [3.8, 4) is 11.8 Å². The molecule has 0 radical (unpaired) electrons. The van der Waals surface area contributed by atoms with Crippen LogP contribution in [0.3, 0.4) is 0 Å². The average molecular weight is 245 g/mol. The van der Waals surface area contributed by atoms with Crippen molar-refractivity contribution < 1.29 is 9.47 Å². The number of nitriles is 1. The summed E-state index contributed by atoms with van der Waals surface area (Å²) < 4.78 is 10.6. The van der Waals surface area contributed by atoms with Crippen LogP contribution < -0.4 is 4.74 Å². The van der Waals surface area contributed by atoms with Crippen LogP contribution in [0, 0.1) is 16.7 Å². The van der Waals surface area contributed by atoms with E-state index in [2.05, 4.69) is 38.1 Å². The first-order chi connectivity index (χ1) is 8.60. The van der Waals surface area contributed by atoms with Crippen LogP contribution in [-0.2, 0) is 11.2 Å². The predicted octanol–water partition coefficient (Wildman–Crippen LogP) is 2.90. The van der Waals surface area contributed by atoms with Gasteiger partial charge in [-0.1, -0.05) is 26.0 Å². The SMILES string of the molecule is COc1cc(C(C)C)ccc1CC1(C#N)COC1. The standard InChI is InChI=1S/C15H19NO2/c1-11(2)12-4-5-13(14(6-12)17-3)7-15(8-16)9-18-10-15/h4-6,11H,7,9-10H2,1-3H3. The Balaban J connectivity index is 2.25. The molecule has 0 N–H and O–H groups in total. The first-order valence-corrected chi connectivity index (χ1v) is 6.26. The second kappa shape index (κ2) is 4.99. The van der Waals surface area contributed by atoms with Crippen LogP contribution in [-0.4, -0.2) is 20.3 Å². The maximum atomic E-state index is 9.23. The molecule has 0 unspecified atom stereocenters. The smallest absolute Gasteiger partial charge is 0.122 e. The lowest BCUT2D eigenvalue weighted by Crippen LogP contribution is -2.43. The molecule has 3 heteroatoms. The van der Waals surface area contributed by atoms with Gasteiger partial charge in [0.15, 0.2) is 0 Å². The van der Waals surface area contributed by atoms with Crippen molar-refractivity contribution in [2.75, 3.05) is 20.3 Å². The normalized spacial score (nSPS) is 17.1. The van der Waals surface area contributed by atoms with Gasteiger partial charge in [0.05, 0.1) is 26.4 Å². The fourth-order valence-electron chi connectivity index (χ4n) is 2.19. The van der Waals surface area contributed by atoms with Crippen molar-refractivity contribution >= 4 is 0 Å². The van der Waals surface area contributed by atoms with Gasteiger partial charge in [-0.05, 0) is 29.5 Å². The van der Waals surface area contributed by atoms with Crippen LogP contribution in [0.2, 0.25) is 0 Å². The van der Waals surface area contributed by atoms with Gasteiger partial charge in [-0.15, -0.1) is 0 Å². The Bertz CT molecular complexity index is 470. The Kier molecular flexibility index (Phi) is 3.58. The van der Waals surface area contributed by atoms with Crippen LogP contribution in [0.5, 0.6) is 5.75 Å². The molecule has 1 saturated heterocycles. The maximum absolute atomic E-state index is 9.23. The maximum Gasteiger partial charge on any atom is 0.122 e. The summed E-state index contributed by atoms with van der Waals surface area (Å²) in [5.41, 5.74) is 1.99. The van der Waals surface area contributed by atoms with E-state index in [4.69, 9.17) is 9.47 Å². The zero-order valence-corrected chi connectivity index (χ0v) is 11.2. The quantitative estimate of drug-likeness (QED) is 0.819. The van der Waals surface area contributed by atoms with Crippen molar-refractivity contribution in [3.05, 3.63) is 29.3 Å². The van der Waals surface area contributed by atoms with E-state index in [1.165, 1.54) is 5.56 Å². The van der Waals surface area contributed by atoms with Crippen LogP contribution in [0.25, 0.3) is 0 Å². The summed E-state index contributed by atoms with van der Waals surface area (Å²) in [7, 11) is 1.68. The number of nitrogens with zero attached hydrogens (tertiary/aromatic N) is 1. The third-order valence-electron chi connectivity index (χ3n) is 3.50. The zero-order chi connectivity index (χ0) is 13.2. The molecular formula is C15H19NO2. The van der Waals surface area contributed by atoms with E-state index in [-0.39, 0.29) is 5.41 Å². The predicted molar refractivity (Wildman–Crippen MR) is 69.7 cm³/mol. The molecule has 1 aliphatic heterocycles. The van der Waals surface area contributed by atoms with E-state index in [1.54, 1.807) is 7.11 Å². The van der Waals surface area contributed by atoms with Crippen LogP contribution in [0.4, 0.5) is 0 Å². The van der Waals surface area contributed by atoms with E-state index in [1.807, 2.05) is 0 Å². The number of rotatable bonds is 4. The Morgan fingerprint density at radius 3 is 2.61 bits per heavy atom. The third kappa shape index (κ3) is 2.34. The second-order valence-electron chi connectivity index (χ2n) is 5.29. The minimum absolute atomic E-state index is 0.355. The summed E-state index contributed by atoms with van der Waals surface area (Å²) in [5.74, 6) is 1.35. The molecule has 1 heterocycles. The summed E-state index contributed by atoms with van der Waals surface area (Å²) in [4.78, 5) is 0. The van der Waals surface area contributed by atoms with Gasteiger partial charge in [-0.2, -0.15) is 5.26 Å². The largest absolute Gasteiger partial charge is 0.496 e. The van der Waals surface area contributed by atoms with E-state index < -0.39 is 0 Å². The van der Waals surface area contributed by atoms with Crippen molar-refractivity contribution in [2.45, 2.75) is 26.2 Å². The highest BCUT2D eigenvalue weighted by atomic mass is 16.5. The molecule has 18 heavy (non-hydrogen) atoms. The van der Waals surface area contributed by atoms with Crippen molar-refractivity contribution in [1.29, 1.82) is 5.26 Å². The molecule has 2 rings (SSSR count). The Morgan fingerprint density at radius 2 is 2.17 bits per heavy atom. The fourth-order valence-corrected chi connectivity index (χ4v) is 2.19. The molecule has 96 valence electrons. The van der Waals surface area contributed by atoms with Crippen LogP contribution >= 0.6 is 0 Å². The Hall–Kier alpha value is -1.53. The Morgan fingerprint density at radius 1 is 1.44 bits per heavy atom. The van der Waals surface area contributed by atoms with Gasteiger partial charge in [-0.3, -0.25) is 0 Å². The van der Waals surface area contributed by atoms with E-state index >= 15 is 0 Å². The first-order valence-electron chi connectivity index (χ1n) is 6.26. The van der Waals surface area contributed by atoms with Crippen molar-refractivity contribution in [2.24, 2.45) is 5.41 Å². The first kappa shape index (κ1) is 12.9. The average Bonchev–Trinajstić information content (AvgIpc) is 2.33. The number of hydrogen-bond acceptors (Lipinski definition) is 3. The molecule has 0 amide bonds. The van der Waals surface area contributed by atoms with Gasteiger partial charge < -0.3 is 9.47 Å². The molecule has 1 aromatic rings. The van der Waals surface area contributed by atoms with Gasteiger partial charge in [-0.25, -0.2) is 0 Å². The highest BCUT2D eigenvalue weighted by Gasteiger charge is 2.39. The summed E-state index contributed by atoms with van der Waals surface area (Å²) in [5, 5.41) is 9.23. The van der Waals surface area contributed by atoms with Crippen molar-refractivity contribution in [1.82, 2.24) is 0 Å². The number of ether oxygens (including phenoxy) is 2. The van der Waals surface area contributed by atoms with Gasteiger partial charge >= 0.3 is 0 Å². The van der Waals surface area contributed by atoms with E-state index in [0.29, 0.717) is 25.6 Å². The van der Waals surface area contributed by atoms with E-state index in [0.717, 1.165) is 11.3 Å². The number of benzene rings is 1. The fraction of sp³-hybridized carbons (Fsp3) is 0.533. The molecule has 0 aliphatic carbocycles. The van der Waals surface area contributed by atoms with Gasteiger partial charge in [0.25, 0.3) is 0 Å². The summed E-state index contributed by atoms with van der Waals surface area (Å²) >= 11 is 0. The molecule has 0 bridgehead atoms. The highest BCUT2D eigenvalue weighted by Crippen LogP contribution is 2.35. The minimum Gasteiger partial charge on any atom is -0.496 e. The van der Waals surface area contributed by atoms with Crippen molar-refractivity contribution in [3.63, 3.8) is 0 Å². The van der Waals surface area contributed by atoms with Gasteiger partial charge in [0, 0.05) is 0 Å². The molecule has 1 aliphatic rings. The lowest BCUT2D eigenvalue weighted by molar-refractivity contribution is -0.0767. The highest BCUT2D eigenvalue weighted by molar-refractivity contribution is 5.40. The van der Waals surface area contributed by atoms with Gasteiger partial charge in [0.2, 0.25) is 0 Å². The molecule has 0 spiro atoms. The minimum atomic E-state index is -0.355. The second-order valence-corrected chi connectivity index (χ2v) is 5.29. The molecule has 0 aromatic heterocycles. The topological polar surface area (TPSA) is 42.2 Å². The monoisotopic (exact) mass is 245 g/mol. The lowest BCUT2D eigenvalue weighted by atomic mass is 9.81. The van der Waals surface area contributed by atoms with Crippen LogP contribution in [0.1, 0.15) is 30.9 Å². The Labute approximate surface area is 108 Å². The molecule has 1 aromatic carbocycles. The molecule has 0 atom stereocenters. The van der Waals surface area contributed by atoms with Crippen LogP contribution in [0.15, 0.2) is 18.2 Å². The lowest BCUT2D eigenvalue weighted by Gasteiger charge is -2.35. The summed E-state index contributed by atoms with van der Waals surface area (Å²) in [6.07, 6.45) is 0.699. The molecule has 0 saturated carbocycles. The summed E-state index contributed by atoms with van der Waals surface area (Å²) in [6, 6.07) is 8.64. The molecular weight excluding hydrogens is 226 g/mol. The molecule has 1 fully saturated rings. The third-order valence-corrected chi connectivity index (χ3v) is 3.50.